The maximum absolute atomic E-state index is 12.2. The molecule has 2 bridgehead atoms. The molecule has 0 unspecified atom stereocenters. The van der Waals surface area contributed by atoms with Gasteiger partial charge in [0.15, 0.2) is 5.82 Å². The SMILES string of the molecule is CCCCCC(=O)NCC(=O)NC[C@H]1[C@@H](CC=CCCCc2nn[nH]n2)[C@@H]2O[C@H]1[C@@H]1O[C@@H]12. The van der Waals surface area contributed by atoms with E-state index in [1.807, 2.05) is 0 Å². The lowest BCUT2D eigenvalue weighted by molar-refractivity contribution is -0.126. The fourth-order valence-corrected chi connectivity index (χ4v) is 4.89. The molecule has 10 heteroatoms. The average Bonchev–Trinajstić information content (AvgIpc) is 3.11. The topological polar surface area (TPSA) is 134 Å². The number of H-pyrrole nitrogens is 1. The van der Waals surface area contributed by atoms with Gasteiger partial charge in [-0.15, -0.1) is 10.2 Å². The predicted molar refractivity (Wildman–Crippen MR) is 115 cm³/mol. The maximum atomic E-state index is 12.2. The Labute approximate surface area is 188 Å². The van der Waals surface area contributed by atoms with Crippen molar-refractivity contribution >= 4 is 11.8 Å². The van der Waals surface area contributed by atoms with Crippen molar-refractivity contribution in [1.29, 1.82) is 0 Å². The van der Waals surface area contributed by atoms with E-state index in [9.17, 15) is 9.59 Å². The second-order valence-electron chi connectivity index (χ2n) is 8.92. The number of allylic oxidation sites excluding steroid dienone is 2. The fraction of sp³-hybridized carbons (Fsp3) is 0.773. The molecule has 3 aliphatic rings. The Morgan fingerprint density at radius 3 is 2.59 bits per heavy atom. The van der Waals surface area contributed by atoms with Gasteiger partial charge in [-0.1, -0.05) is 37.1 Å². The van der Waals surface area contributed by atoms with Crippen LogP contribution in [0, 0.1) is 11.8 Å². The number of rotatable bonds is 14. The molecule has 0 spiro atoms. The Hall–Kier alpha value is -2.33. The van der Waals surface area contributed by atoms with Gasteiger partial charge in [-0.2, -0.15) is 5.21 Å². The molecule has 2 amide bonds. The van der Waals surface area contributed by atoms with Crippen LogP contribution in [-0.2, 0) is 25.5 Å². The Morgan fingerprint density at radius 1 is 1.00 bits per heavy atom. The van der Waals surface area contributed by atoms with Gasteiger partial charge in [0.05, 0.1) is 18.8 Å². The first kappa shape index (κ1) is 22.8. The second-order valence-corrected chi connectivity index (χ2v) is 8.92. The van der Waals surface area contributed by atoms with Crippen LogP contribution < -0.4 is 10.6 Å². The molecule has 6 atom stereocenters. The summed E-state index contributed by atoms with van der Waals surface area (Å²) in [6.07, 6.45) is 12.1. The van der Waals surface area contributed by atoms with Crippen molar-refractivity contribution in [2.75, 3.05) is 13.1 Å². The van der Waals surface area contributed by atoms with Crippen molar-refractivity contribution in [3.8, 4) is 0 Å². The number of aromatic nitrogens is 4. The van der Waals surface area contributed by atoms with Gasteiger partial charge in [0.1, 0.15) is 12.2 Å². The standard InChI is InChI=1S/C22H34N6O4/c1-2-3-6-11-17(29)24-13-18(30)23-12-15-14(19-21-22(32-21)20(15)31-19)9-7-4-5-8-10-16-25-27-28-26-16/h4,7,14-15,19-22H,2-3,5-6,8-13H2,1H3,(H,23,30)(H,24,29)(H,25,26,27,28)/t14-,15+,19+,20-,21-,22+/m1/s1. The first-order valence-corrected chi connectivity index (χ1v) is 11.9. The highest BCUT2D eigenvalue weighted by Crippen LogP contribution is 2.54. The lowest BCUT2D eigenvalue weighted by Crippen LogP contribution is -2.44. The first-order chi connectivity index (χ1) is 15.7. The number of hydrogen-bond acceptors (Lipinski definition) is 7. The molecule has 4 rings (SSSR count). The van der Waals surface area contributed by atoms with Crippen molar-refractivity contribution in [3.63, 3.8) is 0 Å². The molecule has 0 aliphatic carbocycles. The minimum atomic E-state index is -0.152. The van der Waals surface area contributed by atoms with Gasteiger partial charge in [-0.25, -0.2) is 0 Å². The number of hydrogen-bond donors (Lipinski definition) is 3. The molecule has 1 aromatic heterocycles. The molecule has 3 fully saturated rings. The third-order valence-corrected chi connectivity index (χ3v) is 6.64. The van der Waals surface area contributed by atoms with Crippen molar-refractivity contribution in [1.82, 2.24) is 31.3 Å². The van der Waals surface area contributed by atoms with Crippen molar-refractivity contribution in [2.45, 2.75) is 82.7 Å². The molecule has 3 N–H and O–H groups in total. The number of aryl methyl sites for hydroxylation is 1. The van der Waals surface area contributed by atoms with Crippen LogP contribution in [0.25, 0.3) is 0 Å². The number of aromatic amines is 1. The van der Waals surface area contributed by atoms with E-state index < -0.39 is 0 Å². The summed E-state index contributed by atoms with van der Waals surface area (Å²) in [5, 5.41) is 19.7. The number of tetrazole rings is 1. The van der Waals surface area contributed by atoms with E-state index in [2.05, 4.69) is 50.3 Å². The van der Waals surface area contributed by atoms with Crippen LogP contribution in [0.2, 0.25) is 0 Å². The predicted octanol–water partition coefficient (Wildman–Crippen LogP) is 1.06. The van der Waals surface area contributed by atoms with Crippen LogP contribution in [0.5, 0.6) is 0 Å². The van der Waals surface area contributed by atoms with Crippen LogP contribution in [-0.4, -0.2) is 69.9 Å². The van der Waals surface area contributed by atoms with Crippen molar-refractivity contribution in [3.05, 3.63) is 18.0 Å². The third kappa shape index (κ3) is 5.72. The van der Waals surface area contributed by atoms with E-state index in [4.69, 9.17) is 9.47 Å². The number of unbranched alkanes of at least 4 members (excludes halogenated alkanes) is 3. The summed E-state index contributed by atoms with van der Waals surface area (Å²) in [7, 11) is 0. The summed E-state index contributed by atoms with van der Waals surface area (Å²) < 4.78 is 11.9. The first-order valence-electron chi connectivity index (χ1n) is 11.9. The number of epoxide rings is 1. The monoisotopic (exact) mass is 446 g/mol. The molecule has 3 saturated heterocycles. The molecule has 3 aliphatic heterocycles. The van der Waals surface area contributed by atoms with Crippen molar-refractivity contribution in [2.24, 2.45) is 11.8 Å². The Morgan fingerprint density at radius 2 is 1.81 bits per heavy atom. The molecule has 0 aromatic carbocycles. The number of fused-ring (bicyclic) bond motifs is 5. The van der Waals surface area contributed by atoms with E-state index in [1.165, 1.54) is 0 Å². The lowest BCUT2D eigenvalue weighted by Gasteiger charge is -2.25. The van der Waals surface area contributed by atoms with Gasteiger partial charge < -0.3 is 20.1 Å². The minimum absolute atomic E-state index is 0.0279. The quantitative estimate of drug-likeness (QED) is 0.221. The van der Waals surface area contributed by atoms with Gasteiger partial charge in [-0.3, -0.25) is 9.59 Å². The Bertz CT molecular complexity index is 785. The van der Waals surface area contributed by atoms with Gasteiger partial charge in [0.25, 0.3) is 0 Å². The maximum Gasteiger partial charge on any atom is 0.239 e. The Kier molecular flexibility index (Phi) is 7.85. The molecule has 0 saturated carbocycles. The van der Waals surface area contributed by atoms with E-state index in [0.29, 0.717) is 18.9 Å². The van der Waals surface area contributed by atoms with Crippen LogP contribution in [0.15, 0.2) is 12.2 Å². The zero-order chi connectivity index (χ0) is 22.3. The number of ether oxygens (including phenoxy) is 2. The highest BCUT2D eigenvalue weighted by molar-refractivity contribution is 5.84. The van der Waals surface area contributed by atoms with Gasteiger partial charge in [0.2, 0.25) is 11.8 Å². The molecule has 0 radical (unpaired) electrons. The smallest absolute Gasteiger partial charge is 0.239 e. The highest BCUT2D eigenvalue weighted by atomic mass is 16.7. The number of carbonyl (C=O) groups is 2. The van der Waals surface area contributed by atoms with Gasteiger partial charge in [-0.05, 0) is 31.6 Å². The molecule has 1 aromatic rings. The lowest BCUT2D eigenvalue weighted by atomic mass is 9.77. The van der Waals surface area contributed by atoms with Crippen molar-refractivity contribution < 1.29 is 19.1 Å². The number of carbonyl (C=O) groups excluding carboxylic acids is 2. The minimum Gasteiger partial charge on any atom is -0.369 e. The molecular formula is C22H34N6O4. The summed E-state index contributed by atoms with van der Waals surface area (Å²) in [5.41, 5.74) is 0. The molecule has 4 heterocycles. The molecule has 10 nitrogen and oxygen atoms in total. The van der Waals surface area contributed by atoms with Gasteiger partial charge in [0, 0.05) is 25.3 Å². The van der Waals surface area contributed by atoms with Crippen LogP contribution >= 0.6 is 0 Å². The molecule has 176 valence electrons. The van der Waals surface area contributed by atoms with Crippen LogP contribution in [0.4, 0.5) is 0 Å². The molecule has 32 heavy (non-hydrogen) atoms. The second kappa shape index (κ2) is 11.0. The number of nitrogens with one attached hydrogen (secondary N) is 3. The van der Waals surface area contributed by atoms with E-state index >= 15 is 0 Å². The summed E-state index contributed by atoms with van der Waals surface area (Å²) in [6.45, 7) is 2.68. The van der Waals surface area contributed by atoms with Gasteiger partial charge >= 0.3 is 0 Å². The third-order valence-electron chi connectivity index (χ3n) is 6.64. The molecular weight excluding hydrogens is 412 g/mol. The van der Waals surface area contributed by atoms with Crippen LogP contribution in [0.1, 0.15) is 57.7 Å². The van der Waals surface area contributed by atoms with Crippen LogP contribution in [0.3, 0.4) is 0 Å². The average molecular weight is 447 g/mol. The van der Waals surface area contributed by atoms with E-state index in [1.54, 1.807) is 0 Å². The Balaban J connectivity index is 1.17. The number of amides is 2. The largest absolute Gasteiger partial charge is 0.369 e. The highest BCUT2D eigenvalue weighted by Gasteiger charge is 2.68. The summed E-state index contributed by atoms with van der Waals surface area (Å²) in [4.78, 5) is 24.0. The fourth-order valence-electron chi connectivity index (χ4n) is 4.89. The van der Waals surface area contributed by atoms with E-state index in [-0.39, 0.29) is 48.7 Å². The number of nitrogens with zero attached hydrogens (tertiary/aromatic N) is 3. The normalized spacial score (nSPS) is 29.9. The van der Waals surface area contributed by atoms with E-state index in [0.717, 1.165) is 50.8 Å². The summed E-state index contributed by atoms with van der Waals surface area (Å²) in [5.74, 6) is 1.09. The zero-order valence-corrected chi connectivity index (χ0v) is 18.7. The zero-order valence-electron chi connectivity index (χ0n) is 18.7. The summed E-state index contributed by atoms with van der Waals surface area (Å²) >= 11 is 0. The summed E-state index contributed by atoms with van der Waals surface area (Å²) in [6, 6.07) is 0.